The Morgan fingerprint density at radius 1 is 0.900 bits per heavy atom. The molecule has 0 amide bonds. The van der Waals surface area contributed by atoms with Crippen molar-refractivity contribution >= 4 is 11.0 Å². The van der Waals surface area contributed by atoms with Gasteiger partial charge in [-0.25, -0.2) is 0 Å². The second-order valence-corrected chi connectivity index (χ2v) is 7.63. The molecule has 0 aliphatic carbocycles. The Hall–Kier alpha value is -3.15. The molecule has 154 valence electrons. The van der Waals surface area contributed by atoms with Crippen molar-refractivity contribution in [3.05, 3.63) is 101 Å². The number of para-hydroxylation sites is 2. The van der Waals surface area contributed by atoms with E-state index in [1.54, 1.807) is 7.11 Å². The SMILES string of the molecule is COC[C@H]([C@H](O)c1ccccc1)n1c(=N)n(Cc2ccc(C)cc2)c2ccccc21. The van der Waals surface area contributed by atoms with Crippen molar-refractivity contribution < 1.29 is 9.84 Å². The van der Waals surface area contributed by atoms with E-state index in [9.17, 15) is 5.11 Å². The molecule has 2 N–H and O–H groups in total. The molecule has 0 unspecified atom stereocenters. The van der Waals surface area contributed by atoms with Gasteiger partial charge in [0.2, 0.25) is 5.62 Å². The topological polar surface area (TPSA) is 63.2 Å². The monoisotopic (exact) mass is 401 g/mol. The zero-order valence-electron chi connectivity index (χ0n) is 17.3. The molecule has 0 bridgehead atoms. The first-order valence-corrected chi connectivity index (χ1v) is 10.1. The van der Waals surface area contributed by atoms with Crippen molar-refractivity contribution in [2.75, 3.05) is 13.7 Å². The summed E-state index contributed by atoms with van der Waals surface area (Å²) >= 11 is 0. The third kappa shape index (κ3) is 3.82. The van der Waals surface area contributed by atoms with Crippen LogP contribution in [-0.2, 0) is 11.3 Å². The van der Waals surface area contributed by atoms with Crippen LogP contribution in [0.3, 0.4) is 0 Å². The summed E-state index contributed by atoms with van der Waals surface area (Å²) < 4.78 is 9.35. The Balaban J connectivity index is 1.84. The first-order chi connectivity index (χ1) is 14.6. The summed E-state index contributed by atoms with van der Waals surface area (Å²) in [6.45, 7) is 2.96. The van der Waals surface area contributed by atoms with Crippen LogP contribution >= 0.6 is 0 Å². The van der Waals surface area contributed by atoms with Gasteiger partial charge in [-0.3, -0.25) is 5.41 Å². The molecule has 5 nitrogen and oxygen atoms in total. The zero-order valence-corrected chi connectivity index (χ0v) is 17.3. The minimum absolute atomic E-state index is 0.297. The van der Waals surface area contributed by atoms with Crippen molar-refractivity contribution in [2.45, 2.75) is 25.6 Å². The maximum Gasteiger partial charge on any atom is 0.203 e. The van der Waals surface area contributed by atoms with E-state index in [1.165, 1.54) is 5.56 Å². The van der Waals surface area contributed by atoms with Gasteiger partial charge in [0, 0.05) is 7.11 Å². The summed E-state index contributed by atoms with van der Waals surface area (Å²) in [5.41, 5.74) is 5.36. The summed E-state index contributed by atoms with van der Waals surface area (Å²) in [5, 5.41) is 20.2. The fourth-order valence-electron chi connectivity index (χ4n) is 3.98. The highest BCUT2D eigenvalue weighted by Crippen LogP contribution is 2.29. The Labute approximate surface area is 176 Å². The summed E-state index contributed by atoms with van der Waals surface area (Å²) in [6.07, 6.45) is -0.793. The molecule has 0 aliphatic rings. The van der Waals surface area contributed by atoms with Gasteiger partial charge < -0.3 is 19.0 Å². The maximum absolute atomic E-state index is 11.2. The minimum Gasteiger partial charge on any atom is -0.386 e. The van der Waals surface area contributed by atoms with Crippen LogP contribution in [0.1, 0.15) is 28.8 Å². The van der Waals surface area contributed by atoms with E-state index in [0.717, 1.165) is 22.2 Å². The molecule has 2 atom stereocenters. The number of imidazole rings is 1. The van der Waals surface area contributed by atoms with E-state index in [0.29, 0.717) is 18.8 Å². The van der Waals surface area contributed by atoms with Gasteiger partial charge in [0.15, 0.2) is 0 Å². The van der Waals surface area contributed by atoms with Crippen LogP contribution in [0.25, 0.3) is 11.0 Å². The summed E-state index contributed by atoms with van der Waals surface area (Å²) in [7, 11) is 1.63. The standard InChI is InChI=1S/C25H27N3O2/c1-18-12-14-19(15-13-18)16-27-21-10-6-7-11-22(21)28(25(27)26)23(17-30-2)24(29)20-8-4-3-5-9-20/h3-15,23-24,26,29H,16-17H2,1-2H3/t23-,24-/m1/s1. The van der Waals surface area contributed by atoms with Crippen LogP contribution in [0.4, 0.5) is 0 Å². The van der Waals surface area contributed by atoms with Gasteiger partial charge >= 0.3 is 0 Å². The molecule has 4 aromatic rings. The molecule has 0 saturated heterocycles. The number of aryl methyl sites for hydroxylation is 1. The van der Waals surface area contributed by atoms with Crippen molar-refractivity contribution in [1.82, 2.24) is 9.13 Å². The molecular formula is C25H27N3O2. The summed E-state index contributed by atoms with van der Waals surface area (Å²) in [5.74, 6) is 0. The number of rotatable bonds is 7. The molecule has 1 aromatic heterocycles. The number of hydrogen-bond donors (Lipinski definition) is 2. The van der Waals surface area contributed by atoms with Crippen molar-refractivity contribution in [3.63, 3.8) is 0 Å². The van der Waals surface area contributed by atoms with Crippen LogP contribution in [0.5, 0.6) is 0 Å². The third-order valence-electron chi connectivity index (χ3n) is 5.55. The number of aromatic nitrogens is 2. The lowest BCUT2D eigenvalue weighted by molar-refractivity contribution is 0.0527. The number of aliphatic hydroxyl groups excluding tert-OH is 1. The van der Waals surface area contributed by atoms with Crippen molar-refractivity contribution in [2.24, 2.45) is 0 Å². The van der Waals surface area contributed by atoms with E-state index in [-0.39, 0.29) is 0 Å². The number of aliphatic hydroxyl groups is 1. The van der Waals surface area contributed by atoms with E-state index >= 15 is 0 Å². The van der Waals surface area contributed by atoms with Gasteiger partial charge in [0.25, 0.3) is 0 Å². The maximum atomic E-state index is 11.2. The van der Waals surface area contributed by atoms with Crippen LogP contribution < -0.4 is 5.62 Å². The second kappa shape index (κ2) is 8.69. The summed E-state index contributed by atoms with van der Waals surface area (Å²) in [6, 6.07) is 25.5. The third-order valence-corrected chi connectivity index (χ3v) is 5.55. The first-order valence-electron chi connectivity index (χ1n) is 10.1. The highest BCUT2D eigenvalue weighted by Gasteiger charge is 2.26. The molecule has 0 aliphatic heterocycles. The van der Waals surface area contributed by atoms with Gasteiger partial charge in [0.1, 0.15) is 6.10 Å². The largest absolute Gasteiger partial charge is 0.386 e. The highest BCUT2D eigenvalue weighted by molar-refractivity contribution is 5.76. The second-order valence-electron chi connectivity index (χ2n) is 7.63. The van der Waals surface area contributed by atoms with E-state index in [4.69, 9.17) is 10.1 Å². The number of fused-ring (bicyclic) bond motifs is 1. The molecular weight excluding hydrogens is 374 g/mol. The number of hydrogen-bond acceptors (Lipinski definition) is 3. The Kier molecular flexibility index (Phi) is 5.84. The minimum atomic E-state index is -0.793. The van der Waals surface area contributed by atoms with Gasteiger partial charge in [-0.15, -0.1) is 0 Å². The fourth-order valence-corrected chi connectivity index (χ4v) is 3.98. The van der Waals surface area contributed by atoms with Gasteiger partial charge in [-0.1, -0.05) is 72.3 Å². The van der Waals surface area contributed by atoms with Crippen molar-refractivity contribution in [1.29, 1.82) is 5.41 Å². The lowest BCUT2D eigenvalue weighted by Crippen LogP contribution is -2.33. The smallest absolute Gasteiger partial charge is 0.203 e. The molecule has 0 fully saturated rings. The van der Waals surface area contributed by atoms with E-state index in [2.05, 4.69) is 31.2 Å². The number of benzene rings is 3. The predicted molar refractivity (Wildman–Crippen MR) is 118 cm³/mol. The lowest BCUT2D eigenvalue weighted by Gasteiger charge is -2.25. The molecule has 1 heterocycles. The zero-order chi connectivity index (χ0) is 21.1. The molecule has 0 radical (unpaired) electrons. The van der Waals surface area contributed by atoms with Gasteiger partial charge in [-0.05, 0) is 30.2 Å². The lowest BCUT2D eigenvalue weighted by atomic mass is 10.0. The number of methoxy groups -OCH3 is 1. The average Bonchev–Trinajstić information content (AvgIpc) is 3.05. The van der Waals surface area contributed by atoms with E-state index in [1.807, 2.05) is 63.7 Å². The van der Waals surface area contributed by atoms with Gasteiger partial charge in [-0.2, -0.15) is 0 Å². The average molecular weight is 402 g/mol. The normalized spacial score (nSPS) is 13.4. The fraction of sp³-hybridized carbons (Fsp3) is 0.240. The Morgan fingerprint density at radius 3 is 2.20 bits per heavy atom. The quantitative estimate of drug-likeness (QED) is 0.487. The Bertz CT molecular complexity index is 1180. The number of nitrogens with zero attached hydrogens (tertiary/aromatic N) is 2. The van der Waals surface area contributed by atoms with E-state index < -0.39 is 12.1 Å². The summed E-state index contributed by atoms with van der Waals surface area (Å²) in [4.78, 5) is 0. The van der Waals surface area contributed by atoms with Crippen LogP contribution in [-0.4, -0.2) is 28.0 Å². The van der Waals surface area contributed by atoms with Gasteiger partial charge in [0.05, 0.1) is 30.2 Å². The van der Waals surface area contributed by atoms with Crippen LogP contribution in [0, 0.1) is 12.3 Å². The first kappa shape index (κ1) is 20.1. The molecule has 0 spiro atoms. The van der Waals surface area contributed by atoms with Crippen molar-refractivity contribution in [3.8, 4) is 0 Å². The molecule has 0 saturated carbocycles. The highest BCUT2D eigenvalue weighted by atomic mass is 16.5. The predicted octanol–water partition coefficient (Wildman–Crippen LogP) is 4.20. The van der Waals surface area contributed by atoms with Crippen LogP contribution in [0.2, 0.25) is 0 Å². The molecule has 5 heteroatoms. The Morgan fingerprint density at radius 2 is 1.53 bits per heavy atom. The molecule has 4 rings (SSSR count). The molecule has 3 aromatic carbocycles. The number of ether oxygens (including phenoxy) is 1. The number of nitrogens with one attached hydrogen (secondary N) is 1. The molecule has 30 heavy (non-hydrogen) atoms. The van der Waals surface area contributed by atoms with Crippen LogP contribution in [0.15, 0.2) is 78.9 Å².